The van der Waals surface area contributed by atoms with E-state index in [9.17, 15) is 4.79 Å². The maximum absolute atomic E-state index is 11.9. The molecule has 0 spiro atoms. The zero-order chi connectivity index (χ0) is 24.0. The van der Waals surface area contributed by atoms with Gasteiger partial charge in [-0.05, 0) is 37.2 Å². The van der Waals surface area contributed by atoms with E-state index in [1.807, 2.05) is 6.07 Å². The van der Waals surface area contributed by atoms with Crippen molar-refractivity contribution in [1.82, 2.24) is 0 Å². The molecular formula is C26H40O8. The van der Waals surface area contributed by atoms with Gasteiger partial charge in [-0.15, -0.1) is 0 Å². The number of rotatable bonds is 18. The molecule has 1 aromatic carbocycles. The van der Waals surface area contributed by atoms with Crippen molar-refractivity contribution >= 4 is 5.97 Å². The molecule has 8 nitrogen and oxygen atoms in total. The minimum atomic E-state index is -0.0989. The summed E-state index contributed by atoms with van der Waals surface area (Å²) in [6.07, 6.45) is 4.82. The predicted molar refractivity (Wildman–Crippen MR) is 125 cm³/mol. The van der Waals surface area contributed by atoms with E-state index < -0.39 is 0 Å². The molecule has 0 unspecified atom stereocenters. The third-order valence-electron chi connectivity index (χ3n) is 6.69. The molecule has 0 radical (unpaired) electrons. The lowest BCUT2D eigenvalue weighted by Gasteiger charge is -2.26. The molecule has 192 valence electrons. The van der Waals surface area contributed by atoms with Crippen molar-refractivity contribution in [3.05, 3.63) is 35.9 Å². The first-order valence-corrected chi connectivity index (χ1v) is 12.3. The fraction of sp³-hybridized carbons (Fsp3) is 0.731. The highest BCUT2D eigenvalue weighted by molar-refractivity contribution is 5.72. The Kier molecular flexibility index (Phi) is 12.3. The second kappa shape index (κ2) is 15.4. The summed E-state index contributed by atoms with van der Waals surface area (Å²) in [5, 5.41) is 0. The molecular weight excluding hydrogens is 440 g/mol. The van der Waals surface area contributed by atoms with Crippen molar-refractivity contribution in [2.45, 2.75) is 56.8 Å². The molecule has 0 bridgehead atoms. The van der Waals surface area contributed by atoms with Gasteiger partial charge in [-0.3, -0.25) is 4.79 Å². The number of methoxy groups -OCH3 is 2. The van der Waals surface area contributed by atoms with Gasteiger partial charge in [0, 0.05) is 26.6 Å². The summed E-state index contributed by atoms with van der Waals surface area (Å²) in [6, 6.07) is 10.4. The molecule has 1 aromatic rings. The van der Waals surface area contributed by atoms with Crippen LogP contribution in [0.1, 0.15) is 37.7 Å². The Morgan fingerprint density at radius 2 is 1.71 bits per heavy atom. The van der Waals surface area contributed by atoms with E-state index in [1.165, 1.54) is 5.56 Å². The van der Waals surface area contributed by atoms with Crippen LogP contribution in [0.15, 0.2) is 30.3 Å². The van der Waals surface area contributed by atoms with Crippen molar-refractivity contribution in [2.75, 3.05) is 54.2 Å². The van der Waals surface area contributed by atoms with Gasteiger partial charge in [-0.25, -0.2) is 0 Å². The molecule has 1 saturated heterocycles. The first-order valence-electron chi connectivity index (χ1n) is 12.3. The second-order valence-electron chi connectivity index (χ2n) is 8.93. The van der Waals surface area contributed by atoms with Gasteiger partial charge >= 0.3 is 5.97 Å². The normalized spacial score (nSPS) is 24.8. The highest BCUT2D eigenvalue weighted by atomic mass is 16.7. The van der Waals surface area contributed by atoms with E-state index in [-0.39, 0.29) is 49.7 Å². The largest absolute Gasteiger partial charge is 0.462 e. The fourth-order valence-electron chi connectivity index (χ4n) is 4.89. The Hall–Kier alpha value is -1.55. The molecule has 1 aliphatic carbocycles. The van der Waals surface area contributed by atoms with Crippen LogP contribution in [-0.4, -0.2) is 78.5 Å². The van der Waals surface area contributed by atoms with Gasteiger partial charge in [0.2, 0.25) is 0 Å². The molecule has 5 atom stereocenters. The van der Waals surface area contributed by atoms with Crippen molar-refractivity contribution in [3.63, 3.8) is 0 Å². The Labute approximate surface area is 203 Å². The van der Waals surface area contributed by atoms with Crippen molar-refractivity contribution in [1.29, 1.82) is 0 Å². The number of hydrogen-bond donors (Lipinski definition) is 0. The average Bonchev–Trinajstić information content (AvgIpc) is 3.36. The molecule has 2 aliphatic rings. The van der Waals surface area contributed by atoms with Crippen LogP contribution < -0.4 is 0 Å². The van der Waals surface area contributed by atoms with E-state index in [0.29, 0.717) is 32.8 Å². The van der Waals surface area contributed by atoms with E-state index >= 15 is 0 Å². The predicted octanol–water partition coefficient (Wildman–Crippen LogP) is 3.36. The number of aryl methyl sites for hydroxylation is 1. The van der Waals surface area contributed by atoms with Gasteiger partial charge in [-0.2, -0.15) is 0 Å². The Morgan fingerprint density at radius 1 is 0.971 bits per heavy atom. The quantitative estimate of drug-likeness (QED) is 0.180. The van der Waals surface area contributed by atoms with Crippen molar-refractivity contribution in [3.8, 4) is 0 Å². The van der Waals surface area contributed by atoms with Crippen molar-refractivity contribution in [2.24, 2.45) is 11.8 Å². The smallest absolute Gasteiger partial charge is 0.306 e. The zero-order valence-corrected chi connectivity index (χ0v) is 20.5. The molecule has 3 rings (SSSR count). The van der Waals surface area contributed by atoms with Crippen LogP contribution in [0.5, 0.6) is 0 Å². The minimum absolute atomic E-state index is 0.0124. The Morgan fingerprint density at radius 3 is 2.44 bits per heavy atom. The minimum Gasteiger partial charge on any atom is -0.462 e. The molecule has 1 heterocycles. The number of benzene rings is 1. The van der Waals surface area contributed by atoms with Gasteiger partial charge in [0.15, 0.2) is 0 Å². The van der Waals surface area contributed by atoms with E-state index in [0.717, 1.165) is 32.1 Å². The second-order valence-corrected chi connectivity index (χ2v) is 8.93. The Bertz CT molecular complexity index is 685. The van der Waals surface area contributed by atoms with Crippen LogP contribution in [0.2, 0.25) is 0 Å². The summed E-state index contributed by atoms with van der Waals surface area (Å²) in [5.41, 5.74) is 1.29. The fourth-order valence-corrected chi connectivity index (χ4v) is 4.89. The molecule has 1 aliphatic heterocycles. The topological polar surface area (TPSA) is 81.7 Å². The summed E-state index contributed by atoms with van der Waals surface area (Å²) in [6.45, 7) is 2.55. The number of carbonyl (C=O) groups is 1. The summed E-state index contributed by atoms with van der Waals surface area (Å²) in [7, 11) is 3.30. The molecule has 0 aromatic heterocycles. The summed E-state index contributed by atoms with van der Waals surface area (Å²) in [4.78, 5) is 11.9. The summed E-state index contributed by atoms with van der Waals surface area (Å²) in [5.74, 6) is 0.335. The number of ether oxygens (including phenoxy) is 7. The van der Waals surface area contributed by atoms with Crippen molar-refractivity contribution < 1.29 is 38.0 Å². The van der Waals surface area contributed by atoms with Crippen LogP contribution in [0.25, 0.3) is 0 Å². The van der Waals surface area contributed by atoms with Gasteiger partial charge in [-0.1, -0.05) is 30.3 Å². The molecule has 2 fully saturated rings. The molecule has 34 heavy (non-hydrogen) atoms. The van der Waals surface area contributed by atoms with Gasteiger partial charge < -0.3 is 33.2 Å². The third-order valence-corrected chi connectivity index (χ3v) is 6.69. The van der Waals surface area contributed by atoms with Crippen LogP contribution in [0.3, 0.4) is 0 Å². The highest BCUT2D eigenvalue weighted by Crippen LogP contribution is 2.45. The zero-order valence-electron chi connectivity index (χ0n) is 20.5. The van der Waals surface area contributed by atoms with Crippen LogP contribution in [0, 0.1) is 11.8 Å². The standard InChI is InChI=1S/C26H40O8/c1-28-12-14-30-18-32-21(9-8-20-6-4-3-5-7-20)10-11-22-23-16-26(27)34-25(23)17-24(22)33-19-31-15-13-29-2/h3-7,21-25H,8-19H2,1-2H3/t21-,22+,23+,24+,25-/m0/s1. The highest BCUT2D eigenvalue weighted by Gasteiger charge is 2.50. The lowest BCUT2D eigenvalue weighted by Crippen LogP contribution is -2.27. The summed E-state index contributed by atoms with van der Waals surface area (Å²) < 4.78 is 38.9. The van der Waals surface area contributed by atoms with Gasteiger partial charge in [0.25, 0.3) is 0 Å². The average molecular weight is 481 g/mol. The van der Waals surface area contributed by atoms with Gasteiger partial charge in [0.1, 0.15) is 19.7 Å². The maximum atomic E-state index is 11.9. The summed E-state index contributed by atoms with van der Waals surface area (Å²) >= 11 is 0. The van der Waals surface area contributed by atoms with Crippen LogP contribution in [-0.2, 0) is 44.4 Å². The molecule has 8 heteroatoms. The Balaban J connectivity index is 1.53. The third kappa shape index (κ3) is 8.91. The molecule has 1 saturated carbocycles. The lowest BCUT2D eigenvalue weighted by atomic mass is 9.86. The first kappa shape index (κ1) is 27.0. The van der Waals surface area contributed by atoms with Crippen LogP contribution in [0.4, 0.5) is 0 Å². The monoisotopic (exact) mass is 480 g/mol. The molecule has 0 N–H and O–H groups in total. The number of carbonyl (C=O) groups excluding carboxylic acids is 1. The van der Waals surface area contributed by atoms with E-state index in [2.05, 4.69) is 24.3 Å². The van der Waals surface area contributed by atoms with Crippen LogP contribution >= 0.6 is 0 Å². The number of fused-ring (bicyclic) bond motifs is 1. The number of hydrogen-bond acceptors (Lipinski definition) is 8. The van der Waals surface area contributed by atoms with E-state index in [4.69, 9.17) is 33.2 Å². The maximum Gasteiger partial charge on any atom is 0.306 e. The van der Waals surface area contributed by atoms with E-state index in [1.54, 1.807) is 14.2 Å². The number of esters is 1. The SMILES string of the molecule is COCCOCO[C@@H](CCc1ccccc1)CC[C@@H]1[C@H]2CC(=O)O[C@H]2C[C@H]1OCOCCOC. The van der Waals surface area contributed by atoms with Gasteiger partial charge in [0.05, 0.1) is 45.1 Å². The lowest BCUT2D eigenvalue weighted by molar-refractivity contribution is -0.144. The first-order chi connectivity index (χ1) is 16.7. The molecule has 0 amide bonds.